The summed E-state index contributed by atoms with van der Waals surface area (Å²) in [5.41, 5.74) is 6.32. The first-order valence-corrected chi connectivity index (χ1v) is 10.9. The lowest BCUT2D eigenvalue weighted by Crippen LogP contribution is -2.40. The topological polar surface area (TPSA) is 39.7 Å². The van der Waals surface area contributed by atoms with Crippen LogP contribution in [0.15, 0.2) is 40.9 Å². The Morgan fingerprint density at radius 1 is 1.14 bits per heavy atom. The first-order chi connectivity index (χ1) is 13.7. The molecular weight excluding hydrogens is 430 g/mol. The van der Waals surface area contributed by atoms with E-state index in [1.807, 2.05) is 13.8 Å². The lowest BCUT2D eigenvalue weighted by Gasteiger charge is -2.38. The molecular formula is C24H26BrNO3. The SMILES string of the molecule is CC1(C)OC[C@H](COc2ccc3c(c2)C(C)(C)C2Nc4cc(Br)ccc4C2=C3)O1. The highest BCUT2D eigenvalue weighted by molar-refractivity contribution is 9.10. The van der Waals surface area contributed by atoms with Crippen molar-refractivity contribution in [2.45, 2.75) is 51.0 Å². The van der Waals surface area contributed by atoms with E-state index in [1.54, 1.807) is 0 Å². The largest absolute Gasteiger partial charge is 0.491 e. The van der Waals surface area contributed by atoms with E-state index in [1.165, 1.54) is 28.0 Å². The van der Waals surface area contributed by atoms with E-state index in [0.29, 0.717) is 13.2 Å². The molecule has 1 unspecified atom stereocenters. The van der Waals surface area contributed by atoms with Crippen molar-refractivity contribution >= 4 is 33.3 Å². The molecule has 29 heavy (non-hydrogen) atoms. The van der Waals surface area contributed by atoms with Gasteiger partial charge in [0.15, 0.2) is 5.79 Å². The number of nitrogens with one attached hydrogen (secondary N) is 1. The van der Waals surface area contributed by atoms with Gasteiger partial charge in [0.1, 0.15) is 18.5 Å². The van der Waals surface area contributed by atoms with E-state index in [2.05, 4.69) is 77.6 Å². The van der Waals surface area contributed by atoms with Gasteiger partial charge < -0.3 is 19.5 Å². The Hall–Kier alpha value is -1.82. The Balaban J connectivity index is 1.42. The maximum absolute atomic E-state index is 6.08. The first-order valence-electron chi connectivity index (χ1n) is 10.1. The average Bonchev–Trinajstić information content (AvgIpc) is 3.20. The number of halogens is 1. The predicted octanol–water partition coefficient (Wildman–Crippen LogP) is 5.61. The van der Waals surface area contributed by atoms with Crippen molar-refractivity contribution in [3.8, 4) is 5.75 Å². The van der Waals surface area contributed by atoms with Gasteiger partial charge in [-0.1, -0.05) is 41.9 Å². The maximum atomic E-state index is 6.08. The molecule has 1 N–H and O–H groups in total. The molecule has 0 spiro atoms. The van der Waals surface area contributed by atoms with Crippen LogP contribution in [0.1, 0.15) is 44.4 Å². The van der Waals surface area contributed by atoms with Crippen LogP contribution in [0.2, 0.25) is 0 Å². The zero-order valence-electron chi connectivity index (χ0n) is 17.2. The Labute approximate surface area is 180 Å². The van der Waals surface area contributed by atoms with Crippen LogP contribution in [-0.4, -0.2) is 31.1 Å². The molecule has 2 aromatic carbocycles. The molecule has 2 aliphatic heterocycles. The summed E-state index contributed by atoms with van der Waals surface area (Å²) < 4.78 is 18.7. The third kappa shape index (κ3) is 3.29. The molecule has 2 atom stereocenters. The zero-order chi connectivity index (χ0) is 20.4. The van der Waals surface area contributed by atoms with E-state index < -0.39 is 5.79 Å². The number of fused-ring (bicyclic) bond motifs is 4. The lowest BCUT2D eigenvalue weighted by atomic mass is 9.69. The smallest absolute Gasteiger partial charge is 0.163 e. The zero-order valence-corrected chi connectivity index (χ0v) is 18.8. The van der Waals surface area contributed by atoms with Gasteiger partial charge in [0, 0.05) is 21.1 Å². The normalized spacial score (nSPS) is 25.5. The van der Waals surface area contributed by atoms with Crippen molar-refractivity contribution in [1.82, 2.24) is 0 Å². The van der Waals surface area contributed by atoms with Gasteiger partial charge in [-0.25, -0.2) is 0 Å². The summed E-state index contributed by atoms with van der Waals surface area (Å²) in [6.45, 7) is 9.53. The number of rotatable bonds is 3. The van der Waals surface area contributed by atoms with Gasteiger partial charge in [-0.15, -0.1) is 0 Å². The minimum absolute atomic E-state index is 0.0371. The third-order valence-electron chi connectivity index (χ3n) is 6.16. The second kappa shape index (κ2) is 6.59. The maximum Gasteiger partial charge on any atom is 0.163 e. The van der Waals surface area contributed by atoms with Crippen molar-refractivity contribution in [3.63, 3.8) is 0 Å². The van der Waals surface area contributed by atoms with E-state index in [9.17, 15) is 0 Å². The highest BCUT2D eigenvalue weighted by Gasteiger charge is 2.43. The summed E-state index contributed by atoms with van der Waals surface area (Å²) in [4.78, 5) is 0. The van der Waals surface area contributed by atoms with Gasteiger partial charge in [-0.3, -0.25) is 0 Å². The van der Waals surface area contributed by atoms with Crippen LogP contribution in [-0.2, 0) is 14.9 Å². The fourth-order valence-electron chi connectivity index (χ4n) is 4.67. The molecule has 1 saturated heterocycles. The summed E-state index contributed by atoms with van der Waals surface area (Å²) in [6, 6.07) is 13.1. The average molecular weight is 456 g/mol. The number of hydrogen-bond donors (Lipinski definition) is 1. The molecule has 0 amide bonds. The molecule has 0 aromatic heterocycles. The van der Waals surface area contributed by atoms with Gasteiger partial charge in [0.2, 0.25) is 0 Å². The molecule has 5 heteroatoms. The minimum atomic E-state index is -0.523. The van der Waals surface area contributed by atoms with Crippen LogP contribution in [0.25, 0.3) is 11.6 Å². The highest BCUT2D eigenvalue weighted by Crippen LogP contribution is 2.50. The number of benzene rings is 2. The monoisotopic (exact) mass is 455 g/mol. The van der Waals surface area contributed by atoms with Crippen molar-refractivity contribution in [2.75, 3.05) is 18.5 Å². The standard InChI is InChI=1S/C24H26BrNO3/c1-23(2)20-11-16(27-12-17-13-28-24(3,4)29-17)7-5-14(20)9-19-18-8-6-15(25)10-21(18)26-22(19)23/h5-11,17,22,26H,12-13H2,1-4H3/t17-,22?/m0/s1. The Kier molecular flexibility index (Phi) is 4.36. The van der Waals surface area contributed by atoms with Crippen LogP contribution >= 0.6 is 15.9 Å². The van der Waals surface area contributed by atoms with Gasteiger partial charge in [-0.2, -0.15) is 0 Å². The van der Waals surface area contributed by atoms with Crippen LogP contribution in [0, 0.1) is 0 Å². The molecule has 2 heterocycles. The third-order valence-corrected chi connectivity index (χ3v) is 6.65. The predicted molar refractivity (Wildman–Crippen MR) is 119 cm³/mol. The van der Waals surface area contributed by atoms with Crippen LogP contribution in [0.4, 0.5) is 5.69 Å². The summed E-state index contributed by atoms with van der Waals surface area (Å²) in [7, 11) is 0. The number of hydrogen-bond acceptors (Lipinski definition) is 4. The lowest BCUT2D eigenvalue weighted by molar-refractivity contribution is -0.141. The van der Waals surface area contributed by atoms with Gasteiger partial charge >= 0.3 is 0 Å². The Morgan fingerprint density at radius 3 is 2.72 bits per heavy atom. The van der Waals surface area contributed by atoms with Crippen molar-refractivity contribution in [1.29, 1.82) is 0 Å². The van der Waals surface area contributed by atoms with E-state index in [-0.39, 0.29) is 17.6 Å². The van der Waals surface area contributed by atoms with Crippen LogP contribution < -0.4 is 10.1 Å². The fraction of sp³-hybridized carbons (Fsp3) is 0.417. The molecule has 0 bridgehead atoms. The van der Waals surface area contributed by atoms with E-state index >= 15 is 0 Å². The van der Waals surface area contributed by atoms with E-state index in [4.69, 9.17) is 14.2 Å². The number of ether oxygens (including phenoxy) is 3. The molecule has 2 aromatic rings. The second-order valence-corrected chi connectivity index (χ2v) is 10.0. The van der Waals surface area contributed by atoms with Gasteiger partial charge in [0.25, 0.3) is 0 Å². The summed E-state index contributed by atoms with van der Waals surface area (Å²) in [5.74, 6) is 0.353. The highest BCUT2D eigenvalue weighted by atomic mass is 79.9. The van der Waals surface area contributed by atoms with Crippen molar-refractivity contribution in [3.05, 3.63) is 57.6 Å². The second-order valence-electron chi connectivity index (χ2n) is 9.10. The minimum Gasteiger partial charge on any atom is -0.491 e. The van der Waals surface area contributed by atoms with Crippen LogP contribution in [0.5, 0.6) is 5.75 Å². The van der Waals surface area contributed by atoms with E-state index in [0.717, 1.165) is 10.2 Å². The van der Waals surface area contributed by atoms with Crippen molar-refractivity contribution < 1.29 is 14.2 Å². The Bertz CT molecular complexity index is 1010. The molecule has 3 aliphatic rings. The van der Waals surface area contributed by atoms with Crippen molar-refractivity contribution in [2.24, 2.45) is 0 Å². The molecule has 5 rings (SSSR count). The number of anilines is 1. The summed E-state index contributed by atoms with van der Waals surface area (Å²) in [5, 5.41) is 3.74. The molecule has 4 nitrogen and oxygen atoms in total. The molecule has 0 radical (unpaired) electrons. The molecule has 1 aliphatic carbocycles. The fourth-order valence-corrected chi connectivity index (χ4v) is 5.03. The van der Waals surface area contributed by atoms with Gasteiger partial charge in [0.05, 0.1) is 12.6 Å². The molecule has 1 fully saturated rings. The summed E-state index contributed by atoms with van der Waals surface area (Å²) >= 11 is 3.59. The molecule has 0 saturated carbocycles. The Morgan fingerprint density at radius 2 is 1.97 bits per heavy atom. The summed E-state index contributed by atoms with van der Waals surface area (Å²) in [6.07, 6.45) is 2.28. The molecule has 152 valence electrons. The first kappa shape index (κ1) is 19.2. The van der Waals surface area contributed by atoms with Gasteiger partial charge in [-0.05, 0) is 60.9 Å². The quantitative estimate of drug-likeness (QED) is 0.652. The van der Waals surface area contributed by atoms with Crippen LogP contribution in [0.3, 0.4) is 0 Å².